The number of aromatic nitrogens is 4. The van der Waals surface area contributed by atoms with Gasteiger partial charge in [0, 0.05) is 54.3 Å². The minimum atomic E-state index is -1.09. The molecule has 65 heavy (non-hydrogen) atoms. The number of carboxylic acid groups (broad SMARTS) is 1. The van der Waals surface area contributed by atoms with Crippen LogP contribution in [0.5, 0.6) is 11.5 Å². The number of halogens is 4. The molecular weight excluding hydrogens is 877 g/mol. The number of methoxy groups -OCH3 is 2. The zero-order valence-electron chi connectivity index (χ0n) is 36.6. The highest BCUT2D eigenvalue weighted by Crippen LogP contribution is 2.37. The van der Waals surface area contributed by atoms with E-state index >= 15 is 8.78 Å². The number of pyridine rings is 2. The molecule has 0 spiro atoms. The molecular formula is C50H48Cl2F2N4O7-2. The quantitative estimate of drug-likeness (QED) is 0.0959. The third-order valence-electron chi connectivity index (χ3n) is 9.55. The summed E-state index contributed by atoms with van der Waals surface area (Å²) in [6, 6.07) is 28.0. The summed E-state index contributed by atoms with van der Waals surface area (Å²) in [5, 5.41) is 17.7. The Morgan fingerprint density at radius 1 is 0.646 bits per heavy atom. The fraction of sp³-hybridized carbons (Fsp3) is 0.160. The van der Waals surface area contributed by atoms with Crippen LogP contribution in [-0.2, 0) is 17.6 Å². The number of imidazole rings is 2. The van der Waals surface area contributed by atoms with Gasteiger partial charge in [0.25, 0.3) is 0 Å². The molecule has 0 fully saturated rings. The molecule has 4 aromatic heterocycles. The van der Waals surface area contributed by atoms with Gasteiger partial charge in [-0.2, -0.15) is 0 Å². The van der Waals surface area contributed by atoms with Crippen molar-refractivity contribution in [2.75, 3.05) is 27.4 Å². The van der Waals surface area contributed by atoms with Gasteiger partial charge in [0.2, 0.25) is 0 Å². The number of hydrogen-bond donors (Lipinski definition) is 2. The highest BCUT2D eigenvalue weighted by molar-refractivity contribution is 6.31. The minimum absolute atomic E-state index is 0. The van der Waals surface area contributed by atoms with E-state index in [9.17, 15) is 9.59 Å². The number of aliphatic hydroxyl groups is 1. The molecule has 4 heterocycles. The Labute approximate surface area is 386 Å². The predicted octanol–water partition coefficient (Wildman–Crippen LogP) is 11.6. The Hall–Kier alpha value is -6.80. The lowest BCUT2D eigenvalue weighted by molar-refractivity contribution is 0.0519. The molecule has 0 amide bonds. The number of carbonyl (C=O) groups is 2. The van der Waals surface area contributed by atoms with Gasteiger partial charge in [-0.1, -0.05) is 71.7 Å². The van der Waals surface area contributed by atoms with Crippen molar-refractivity contribution in [2.45, 2.75) is 26.7 Å². The van der Waals surface area contributed by atoms with Gasteiger partial charge in [0.05, 0.1) is 32.0 Å². The first-order valence-electron chi connectivity index (χ1n) is 19.6. The van der Waals surface area contributed by atoms with Crippen molar-refractivity contribution < 1.29 is 42.8 Å². The van der Waals surface area contributed by atoms with Crippen LogP contribution < -0.4 is 9.47 Å². The first kappa shape index (κ1) is 50.8. The van der Waals surface area contributed by atoms with Gasteiger partial charge in [-0.15, -0.1) is 0 Å². The molecule has 15 heteroatoms. The largest absolute Gasteiger partial charge is 0.496 e. The number of carboxylic acids is 1. The Kier molecular flexibility index (Phi) is 18.2. The number of carbonyl (C=O) groups excluding carboxylic acids is 1. The van der Waals surface area contributed by atoms with Gasteiger partial charge < -0.3 is 48.1 Å². The second kappa shape index (κ2) is 23.2. The maximum absolute atomic E-state index is 15.5. The van der Waals surface area contributed by atoms with Crippen LogP contribution in [0.2, 0.25) is 10.0 Å². The van der Waals surface area contributed by atoms with E-state index in [0.717, 1.165) is 11.1 Å². The number of esters is 1. The van der Waals surface area contributed by atoms with Gasteiger partial charge in [-0.3, -0.25) is 0 Å². The Morgan fingerprint density at radius 2 is 1.08 bits per heavy atom. The highest BCUT2D eigenvalue weighted by Gasteiger charge is 2.19. The van der Waals surface area contributed by atoms with E-state index in [1.165, 1.54) is 20.4 Å². The Bertz CT molecular complexity index is 2920. The lowest BCUT2D eigenvalue weighted by Crippen LogP contribution is -2.04. The molecule has 340 valence electrons. The summed E-state index contributed by atoms with van der Waals surface area (Å²) < 4.78 is 50.1. The molecule has 0 saturated heterocycles. The van der Waals surface area contributed by atoms with Gasteiger partial charge in [0.1, 0.15) is 34.4 Å². The van der Waals surface area contributed by atoms with Gasteiger partial charge in [-0.05, 0) is 95.8 Å². The lowest BCUT2D eigenvalue weighted by Gasteiger charge is -2.14. The van der Waals surface area contributed by atoms with Crippen molar-refractivity contribution in [3.63, 3.8) is 0 Å². The van der Waals surface area contributed by atoms with Crippen LogP contribution in [0.25, 0.3) is 33.5 Å². The SMILES string of the molecule is CCO.CCOC(=O)c1cn2cc(Cc3ccc(OC)c(-c4cccc(Cl)c4)c3F)ccc2n1.COc1ccc(Cc2ccc3nc(C(=O)O)cn3c2)c(F)c1-c1cccc(Cl)c1.[CH3-].[CH3-]. The van der Waals surface area contributed by atoms with E-state index in [1.807, 2.05) is 12.3 Å². The average Bonchev–Trinajstić information content (AvgIpc) is 3.90. The average molecular weight is 926 g/mol. The molecule has 0 unspecified atom stereocenters. The van der Waals surface area contributed by atoms with Crippen LogP contribution in [0.4, 0.5) is 8.78 Å². The van der Waals surface area contributed by atoms with E-state index in [-0.39, 0.29) is 51.1 Å². The zero-order chi connectivity index (χ0) is 45.2. The summed E-state index contributed by atoms with van der Waals surface area (Å²) in [7, 11) is 3.01. The summed E-state index contributed by atoms with van der Waals surface area (Å²) in [6.45, 7) is 3.95. The molecule has 0 aliphatic rings. The highest BCUT2D eigenvalue weighted by atomic mass is 35.5. The van der Waals surface area contributed by atoms with Crippen LogP contribution >= 0.6 is 23.2 Å². The summed E-state index contributed by atoms with van der Waals surface area (Å²) in [5.74, 6) is -1.46. The van der Waals surface area contributed by atoms with Gasteiger partial charge >= 0.3 is 11.9 Å². The third-order valence-corrected chi connectivity index (χ3v) is 10.0. The van der Waals surface area contributed by atoms with Crippen molar-refractivity contribution in [3.8, 4) is 33.8 Å². The number of aromatic carboxylic acids is 1. The normalized spacial score (nSPS) is 10.4. The maximum Gasteiger partial charge on any atom is 0.358 e. The molecule has 0 atom stereocenters. The monoisotopic (exact) mass is 924 g/mol. The van der Waals surface area contributed by atoms with E-state index in [0.29, 0.717) is 79.1 Å². The van der Waals surface area contributed by atoms with Crippen molar-refractivity contribution >= 4 is 46.4 Å². The van der Waals surface area contributed by atoms with Crippen molar-refractivity contribution in [2.24, 2.45) is 0 Å². The summed E-state index contributed by atoms with van der Waals surface area (Å²) >= 11 is 12.2. The number of hydrogen-bond acceptors (Lipinski definition) is 8. The van der Waals surface area contributed by atoms with E-state index in [4.69, 9.17) is 47.6 Å². The molecule has 0 radical (unpaired) electrons. The number of aliphatic hydroxyl groups excluding tert-OH is 1. The third kappa shape index (κ3) is 12.1. The van der Waals surface area contributed by atoms with Crippen LogP contribution in [0.3, 0.4) is 0 Å². The second-order valence-electron chi connectivity index (χ2n) is 13.8. The summed E-state index contributed by atoms with van der Waals surface area (Å²) in [6.07, 6.45) is 7.29. The fourth-order valence-corrected chi connectivity index (χ4v) is 7.15. The Morgan fingerprint density at radius 3 is 1.48 bits per heavy atom. The van der Waals surface area contributed by atoms with Crippen LogP contribution in [0, 0.1) is 26.5 Å². The first-order chi connectivity index (χ1) is 30.4. The second-order valence-corrected chi connectivity index (χ2v) is 14.7. The van der Waals surface area contributed by atoms with Crippen LogP contribution in [-0.4, -0.2) is 68.4 Å². The molecule has 8 rings (SSSR count). The van der Waals surface area contributed by atoms with Gasteiger partial charge in [-0.25, -0.2) is 28.3 Å². The van der Waals surface area contributed by atoms with Crippen molar-refractivity contribution in [1.29, 1.82) is 0 Å². The predicted molar refractivity (Wildman–Crippen MR) is 251 cm³/mol. The number of ether oxygens (including phenoxy) is 3. The fourth-order valence-electron chi connectivity index (χ4n) is 6.77. The molecule has 11 nitrogen and oxygen atoms in total. The topological polar surface area (TPSA) is 137 Å². The molecule has 8 aromatic rings. The van der Waals surface area contributed by atoms with Gasteiger partial charge in [0.15, 0.2) is 11.4 Å². The van der Waals surface area contributed by atoms with E-state index < -0.39 is 11.9 Å². The van der Waals surface area contributed by atoms with Crippen LogP contribution in [0.15, 0.2) is 122 Å². The number of benzene rings is 4. The number of fused-ring (bicyclic) bond motifs is 2. The minimum Gasteiger partial charge on any atom is -0.496 e. The molecule has 2 N–H and O–H groups in total. The number of nitrogens with zero attached hydrogens (tertiary/aromatic N) is 4. The lowest BCUT2D eigenvalue weighted by atomic mass is 9.97. The standard InChI is InChI=1S/C24H20ClFN2O3.C22H16ClFN2O3.C2H6O.2CH3/c1-3-31-24(29)19-14-28-13-15(7-10-21(28)27-19)11-17-8-9-20(30-2)22(23(17)26)16-5-4-6-18(25)12-16;1-29-18-7-6-15(21(24)20(18)14-3-2-4-16(23)10-14)9-13-5-8-19-25-17(22(27)28)12-26(19)11-13;1-2-3;;/h4-10,12-14H,3,11H2,1-2H3;2-8,10-12H,9H2,1H3,(H,27,28);3H,2H2,1H3;2*1H3/q;;;2*-1. The molecule has 0 saturated carbocycles. The summed E-state index contributed by atoms with van der Waals surface area (Å²) in [4.78, 5) is 31.3. The van der Waals surface area contributed by atoms with E-state index in [1.54, 1.807) is 126 Å². The van der Waals surface area contributed by atoms with Crippen LogP contribution in [0.1, 0.15) is 57.1 Å². The molecule has 0 bridgehead atoms. The van der Waals surface area contributed by atoms with Crippen molar-refractivity contribution in [1.82, 2.24) is 18.8 Å². The zero-order valence-corrected chi connectivity index (χ0v) is 38.1. The Balaban J connectivity index is 0.000000261. The molecule has 4 aromatic carbocycles. The first-order valence-corrected chi connectivity index (χ1v) is 20.3. The smallest absolute Gasteiger partial charge is 0.358 e. The number of rotatable bonds is 11. The summed E-state index contributed by atoms with van der Waals surface area (Å²) in [5.41, 5.74) is 5.99. The molecule has 0 aliphatic carbocycles. The van der Waals surface area contributed by atoms with E-state index in [2.05, 4.69) is 9.97 Å². The van der Waals surface area contributed by atoms with Crippen molar-refractivity contribution in [3.05, 3.63) is 192 Å². The molecule has 0 aliphatic heterocycles. The maximum atomic E-state index is 15.5.